The second-order valence-corrected chi connectivity index (χ2v) is 7.75. The minimum atomic E-state index is -1.08. The van der Waals surface area contributed by atoms with Gasteiger partial charge in [-0.05, 0) is 37.5 Å². The largest absolute Gasteiger partial charge is 0.478 e. The van der Waals surface area contributed by atoms with Gasteiger partial charge < -0.3 is 5.11 Å². The van der Waals surface area contributed by atoms with Crippen LogP contribution in [0.15, 0.2) is 30.5 Å². The topological polar surface area (TPSA) is 71.2 Å². The fourth-order valence-electron chi connectivity index (χ4n) is 3.92. The van der Waals surface area contributed by atoms with E-state index in [1.807, 2.05) is 23.7 Å². The molecule has 0 atom stereocenters. The summed E-state index contributed by atoms with van der Waals surface area (Å²) in [5.41, 5.74) is 3.51. The number of aromatic carboxylic acids is 1. The van der Waals surface area contributed by atoms with Crippen LogP contribution in [-0.2, 0) is 6.54 Å². The number of carbonyl (C=O) groups is 1. The van der Waals surface area contributed by atoms with Crippen LogP contribution >= 0.6 is 11.6 Å². The predicted octanol–water partition coefficient (Wildman–Crippen LogP) is 3.91. The summed E-state index contributed by atoms with van der Waals surface area (Å²) in [6.07, 6.45) is 8.62. The van der Waals surface area contributed by atoms with Crippen molar-refractivity contribution >= 4 is 28.6 Å². The maximum atomic E-state index is 11.3. The molecule has 1 aliphatic rings. The molecule has 1 N–H and O–H groups in total. The smallest absolute Gasteiger partial charge is 0.338 e. The fraction of sp³-hybridized carbons (Fsp3) is 0.318. The Hall–Kier alpha value is -2.88. The van der Waals surface area contributed by atoms with E-state index in [4.69, 9.17) is 18.0 Å². The molecule has 0 bridgehead atoms. The van der Waals surface area contributed by atoms with Crippen molar-refractivity contribution in [3.8, 4) is 12.3 Å². The van der Waals surface area contributed by atoms with Crippen LogP contribution in [0.4, 0.5) is 0 Å². The van der Waals surface area contributed by atoms with Gasteiger partial charge in [0.1, 0.15) is 0 Å². The molecule has 0 unspecified atom stereocenters. The summed E-state index contributed by atoms with van der Waals surface area (Å²) in [5.74, 6) is 1.56. The summed E-state index contributed by atoms with van der Waals surface area (Å²) in [6, 6.07) is 8.32. The molecule has 0 amide bonds. The van der Waals surface area contributed by atoms with Gasteiger partial charge >= 0.3 is 5.97 Å². The number of hydrogen-bond acceptors (Lipinski definition) is 4. The number of carboxylic acids is 1. The molecule has 0 aliphatic carbocycles. The highest BCUT2D eigenvalue weighted by Gasteiger charge is 2.26. The normalized spacial score (nSPS) is 15.5. The summed E-state index contributed by atoms with van der Waals surface area (Å²) >= 11 is 6.33. The third-order valence-electron chi connectivity index (χ3n) is 5.49. The Morgan fingerprint density at radius 2 is 2.00 bits per heavy atom. The number of terminal acetylenes is 1. The zero-order valence-electron chi connectivity index (χ0n) is 16.1. The van der Waals surface area contributed by atoms with Crippen molar-refractivity contribution in [2.75, 3.05) is 13.1 Å². The molecule has 29 heavy (non-hydrogen) atoms. The summed E-state index contributed by atoms with van der Waals surface area (Å²) in [5, 5.41) is 14.8. The van der Waals surface area contributed by atoms with Crippen LogP contribution in [0.1, 0.15) is 46.1 Å². The molecule has 3 aromatic rings. The lowest BCUT2D eigenvalue weighted by molar-refractivity contribution is 0.0697. The van der Waals surface area contributed by atoms with Gasteiger partial charge in [0.25, 0.3) is 0 Å². The molecule has 0 radical (unpaired) electrons. The number of pyridine rings is 1. The number of hydrogen-bond donors (Lipinski definition) is 1. The lowest BCUT2D eigenvalue weighted by Gasteiger charge is -2.32. The molecule has 3 heterocycles. The summed E-state index contributed by atoms with van der Waals surface area (Å²) in [4.78, 5) is 18.1. The molecule has 1 aliphatic heterocycles. The SMILES string of the molecule is C#Cc1ccc(CN2CCC(n3nc(C)c4c(Cl)c(C(=O)O)cnc43)CC2)cc1. The molecule has 1 saturated heterocycles. The molecule has 6 nitrogen and oxygen atoms in total. The molecule has 0 saturated carbocycles. The van der Waals surface area contributed by atoms with Crippen LogP contribution in [-0.4, -0.2) is 43.8 Å². The number of rotatable bonds is 4. The van der Waals surface area contributed by atoms with Gasteiger partial charge in [-0.15, -0.1) is 6.42 Å². The number of nitrogens with zero attached hydrogens (tertiary/aromatic N) is 4. The molecule has 0 spiro atoms. The van der Waals surface area contributed by atoms with Crippen molar-refractivity contribution < 1.29 is 9.90 Å². The lowest BCUT2D eigenvalue weighted by atomic mass is 10.0. The van der Waals surface area contributed by atoms with E-state index in [2.05, 4.69) is 33.0 Å². The van der Waals surface area contributed by atoms with E-state index in [9.17, 15) is 9.90 Å². The Bertz CT molecular complexity index is 1110. The van der Waals surface area contributed by atoms with Crippen LogP contribution in [0, 0.1) is 19.3 Å². The van der Waals surface area contributed by atoms with Crippen molar-refractivity contribution in [2.24, 2.45) is 0 Å². The zero-order valence-corrected chi connectivity index (χ0v) is 16.9. The Morgan fingerprint density at radius 1 is 1.31 bits per heavy atom. The first-order valence-corrected chi connectivity index (χ1v) is 9.90. The summed E-state index contributed by atoms with van der Waals surface area (Å²) in [7, 11) is 0. The third kappa shape index (κ3) is 3.71. The number of piperidine rings is 1. The maximum absolute atomic E-state index is 11.3. The Morgan fingerprint density at radius 3 is 2.62 bits per heavy atom. The average molecular weight is 409 g/mol. The number of halogens is 1. The molecule has 148 valence electrons. The number of benzene rings is 1. The second kappa shape index (κ2) is 7.86. The minimum Gasteiger partial charge on any atom is -0.478 e. The van der Waals surface area contributed by atoms with Crippen molar-refractivity contribution in [2.45, 2.75) is 32.4 Å². The minimum absolute atomic E-state index is 0.00694. The van der Waals surface area contributed by atoms with Gasteiger partial charge in [-0.1, -0.05) is 29.7 Å². The molecule has 1 aromatic carbocycles. The quantitative estimate of drug-likeness (QED) is 0.663. The molecule has 2 aromatic heterocycles. The van der Waals surface area contributed by atoms with Crippen LogP contribution in [0.2, 0.25) is 5.02 Å². The van der Waals surface area contributed by atoms with Gasteiger partial charge in [-0.2, -0.15) is 5.10 Å². The lowest BCUT2D eigenvalue weighted by Crippen LogP contribution is -2.34. The summed E-state index contributed by atoms with van der Waals surface area (Å²) in [6.45, 7) is 4.63. The van der Waals surface area contributed by atoms with E-state index >= 15 is 0 Å². The van der Waals surface area contributed by atoms with E-state index in [-0.39, 0.29) is 16.6 Å². The molecular formula is C22H21ClN4O2. The number of aryl methyl sites for hydroxylation is 1. The number of carboxylic acid groups (broad SMARTS) is 1. The van der Waals surface area contributed by atoms with E-state index in [1.54, 1.807) is 0 Å². The van der Waals surface area contributed by atoms with E-state index in [0.29, 0.717) is 16.7 Å². The van der Waals surface area contributed by atoms with Gasteiger partial charge in [0.05, 0.1) is 27.7 Å². The van der Waals surface area contributed by atoms with Crippen molar-refractivity contribution in [3.05, 3.63) is 57.9 Å². The van der Waals surface area contributed by atoms with Crippen molar-refractivity contribution in [3.63, 3.8) is 0 Å². The highest BCUT2D eigenvalue weighted by atomic mass is 35.5. The second-order valence-electron chi connectivity index (χ2n) is 7.37. The number of aromatic nitrogens is 3. The number of fused-ring (bicyclic) bond motifs is 1. The first kappa shape index (κ1) is 19.4. The maximum Gasteiger partial charge on any atom is 0.338 e. The zero-order chi connectivity index (χ0) is 20.5. The highest BCUT2D eigenvalue weighted by molar-refractivity contribution is 6.38. The highest BCUT2D eigenvalue weighted by Crippen LogP contribution is 2.32. The van der Waals surface area contributed by atoms with Gasteiger partial charge in [0.15, 0.2) is 5.65 Å². The first-order chi connectivity index (χ1) is 14.0. The van der Waals surface area contributed by atoms with E-state index in [1.165, 1.54) is 11.8 Å². The van der Waals surface area contributed by atoms with Gasteiger partial charge in [-0.3, -0.25) is 4.90 Å². The monoisotopic (exact) mass is 408 g/mol. The first-order valence-electron chi connectivity index (χ1n) is 9.52. The number of likely N-dealkylation sites (tertiary alicyclic amines) is 1. The Balaban J connectivity index is 1.50. The van der Waals surface area contributed by atoms with Gasteiger partial charge in [0.2, 0.25) is 0 Å². The Kier molecular flexibility index (Phi) is 5.27. The fourth-order valence-corrected chi connectivity index (χ4v) is 4.27. The standard InChI is InChI=1S/C22H21ClN4O2/c1-3-15-4-6-16(7-5-15)13-26-10-8-17(9-11-26)27-21-19(14(2)25-27)20(23)18(12-24-21)22(28)29/h1,4-7,12,17H,8-11,13H2,2H3,(H,28,29). The van der Waals surface area contributed by atoms with E-state index in [0.717, 1.165) is 38.0 Å². The van der Waals surface area contributed by atoms with E-state index < -0.39 is 5.97 Å². The van der Waals surface area contributed by atoms with Crippen molar-refractivity contribution in [1.82, 2.24) is 19.7 Å². The van der Waals surface area contributed by atoms with Gasteiger partial charge in [-0.25, -0.2) is 14.5 Å². The summed E-state index contributed by atoms with van der Waals surface area (Å²) < 4.78 is 1.92. The van der Waals surface area contributed by atoms with Crippen LogP contribution in [0.25, 0.3) is 11.0 Å². The van der Waals surface area contributed by atoms with Crippen LogP contribution in [0.5, 0.6) is 0 Å². The van der Waals surface area contributed by atoms with Crippen molar-refractivity contribution in [1.29, 1.82) is 0 Å². The van der Waals surface area contributed by atoms with Gasteiger partial charge in [0, 0.05) is 31.4 Å². The predicted molar refractivity (Wildman–Crippen MR) is 112 cm³/mol. The third-order valence-corrected chi connectivity index (χ3v) is 5.88. The molecule has 7 heteroatoms. The average Bonchev–Trinajstić information content (AvgIpc) is 3.06. The van der Waals surface area contributed by atoms with Crippen LogP contribution in [0.3, 0.4) is 0 Å². The Labute approximate surface area is 174 Å². The molecule has 4 rings (SSSR count). The molecular weight excluding hydrogens is 388 g/mol. The molecule has 1 fully saturated rings. The van der Waals surface area contributed by atoms with Crippen LogP contribution < -0.4 is 0 Å².